The Balaban J connectivity index is 1.67. The Hall–Kier alpha value is -2.25. The van der Waals surface area contributed by atoms with Crippen LogP contribution in [0.1, 0.15) is 18.3 Å². The van der Waals surface area contributed by atoms with Gasteiger partial charge in [0.15, 0.2) is 11.0 Å². The minimum Gasteiger partial charge on any atom is -0.497 e. The van der Waals surface area contributed by atoms with E-state index in [0.717, 1.165) is 5.75 Å². The molecule has 8 heteroatoms. The van der Waals surface area contributed by atoms with Crippen LogP contribution in [0.3, 0.4) is 0 Å². The second-order valence-corrected chi connectivity index (χ2v) is 6.95. The molecule has 0 N–H and O–H groups in total. The van der Waals surface area contributed by atoms with Crippen LogP contribution in [0, 0.1) is 5.82 Å². The first-order valence-corrected chi connectivity index (χ1v) is 9.73. The number of thioether (sulfide) groups is 1. The number of hydrogen-bond acceptors (Lipinski definition) is 5. The molecule has 0 aliphatic heterocycles. The third kappa shape index (κ3) is 4.73. The van der Waals surface area contributed by atoms with E-state index < -0.39 is 0 Å². The van der Waals surface area contributed by atoms with Gasteiger partial charge in [-0.15, -0.1) is 10.2 Å². The summed E-state index contributed by atoms with van der Waals surface area (Å²) in [6.07, 6.45) is 0. The summed E-state index contributed by atoms with van der Waals surface area (Å²) < 4.78 is 26.8. The molecule has 0 fully saturated rings. The van der Waals surface area contributed by atoms with Gasteiger partial charge in [-0.1, -0.05) is 29.4 Å². The molecular weight excluding hydrogens is 389 g/mol. The summed E-state index contributed by atoms with van der Waals surface area (Å²) >= 11 is 7.48. The fraction of sp³-hybridized carbons (Fsp3) is 0.263. The van der Waals surface area contributed by atoms with E-state index in [0.29, 0.717) is 39.6 Å². The molecule has 0 aliphatic carbocycles. The second-order valence-electron chi connectivity index (χ2n) is 5.60. The van der Waals surface area contributed by atoms with Crippen LogP contribution in [-0.2, 0) is 18.9 Å². The van der Waals surface area contributed by atoms with Gasteiger partial charge in [0.1, 0.15) is 23.9 Å². The minimum absolute atomic E-state index is 0.286. The summed E-state index contributed by atoms with van der Waals surface area (Å²) in [7, 11) is 1.62. The Morgan fingerprint density at radius 3 is 2.52 bits per heavy atom. The molecule has 0 saturated heterocycles. The zero-order valence-electron chi connectivity index (χ0n) is 15.0. The van der Waals surface area contributed by atoms with Gasteiger partial charge >= 0.3 is 0 Å². The maximum atomic E-state index is 13.9. The zero-order valence-corrected chi connectivity index (χ0v) is 16.6. The number of hydrogen-bond donors (Lipinski definition) is 0. The molecule has 142 valence electrons. The van der Waals surface area contributed by atoms with Gasteiger partial charge in [0.05, 0.1) is 7.11 Å². The van der Waals surface area contributed by atoms with Gasteiger partial charge in [0.25, 0.3) is 0 Å². The van der Waals surface area contributed by atoms with Crippen LogP contribution in [0.25, 0.3) is 0 Å². The predicted octanol–water partition coefficient (Wildman–Crippen LogP) is 4.97. The maximum Gasteiger partial charge on any atom is 0.191 e. The van der Waals surface area contributed by atoms with Crippen molar-refractivity contribution in [2.24, 2.45) is 0 Å². The molecular formula is C19H19ClFN3O2S. The standard InChI is InChI=1S/C19H19ClFN3O2S/c1-3-24-18(11-26-14-9-7-13(25-2)8-10-14)22-23-19(24)27-12-15-16(20)5-4-6-17(15)21/h4-10H,3,11-12H2,1-2H3. The van der Waals surface area contributed by atoms with E-state index in [2.05, 4.69) is 10.2 Å². The Labute approximate surface area is 166 Å². The first-order valence-electron chi connectivity index (χ1n) is 8.37. The highest BCUT2D eigenvalue weighted by Gasteiger charge is 2.14. The number of rotatable bonds is 8. The summed E-state index contributed by atoms with van der Waals surface area (Å²) in [5.74, 6) is 2.25. The largest absolute Gasteiger partial charge is 0.497 e. The van der Waals surface area contributed by atoms with Crippen molar-refractivity contribution in [2.45, 2.75) is 31.0 Å². The van der Waals surface area contributed by atoms with Crippen LogP contribution in [-0.4, -0.2) is 21.9 Å². The molecule has 0 spiro atoms. The lowest BCUT2D eigenvalue weighted by atomic mass is 10.2. The monoisotopic (exact) mass is 407 g/mol. The normalized spacial score (nSPS) is 10.8. The first-order chi connectivity index (χ1) is 13.1. The number of methoxy groups -OCH3 is 1. The number of benzene rings is 2. The van der Waals surface area contributed by atoms with Gasteiger partial charge < -0.3 is 14.0 Å². The van der Waals surface area contributed by atoms with Crippen molar-refractivity contribution in [3.8, 4) is 11.5 Å². The van der Waals surface area contributed by atoms with Crippen LogP contribution in [0.5, 0.6) is 11.5 Å². The number of halogens is 2. The second kappa shape index (κ2) is 9.10. The molecule has 0 unspecified atom stereocenters. The van der Waals surface area contributed by atoms with Crippen LogP contribution < -0.4 is 9.47 Å². The fourth-order valence-corrected chi connectivity index (χ4v) is 3.84. The number of aromatic nitrogens is 3. The summed E-state index contributed by atoms with van der Waals surface area (Å²) in [5, 5.41) is 9.53. The molecule has 1 aromatic heterocycles. The van der Waals surface area contributed by atoms with E-state index in [1.807, 2.05) is 35.8 Å². The van der Waals surface area contributed by atoms with Crippen LogP contribution >= 0.6 is 23.4 Å². The average molecular weight is 408 g/mol. The Morgan fingerprint density at radius 2 is 1.85 bits per heavy atom. The molecule has 0 aliphatic rings. The van der Waals surface area contributed by atoms with Crippen molar-refractivity contribution in [2.75, 3.05) is 7.11 Å². The number of ether oxygens (including phenoxy) is 2. The van der Waals surface area contributed by atoms with Gasteiger partial charge in [-0.3, -0.25) is 0 Å². The third-order valence-electron chi connectivity index (χ3n) is 3.94. The Bertz CT molecular complexity index is 882. The molecule has 3 aromatic rings. The third-order valence-corrected chi connectivity index (χ3v) is 5.29. The topological polar surface area (TPSA) is 49.2 Å². The van der Waals surface area contributed by atoms with Crippen LogP contribution in [0.2, 0.25) is 5.02 Å². The lowest BCUT2D eigenvalue weighted by Gasteiger charge is -2.10. The molecule has 3 rings (SSSR count). The molecule has 0 saturated carbocycles. The molecule has 27 heavy (non-hydrogen) atoms. The molecule has 0 bridgehead atoms. The van der Waals surface area contributed by atoms with E-state index >= 15 is 0 Å². The summed E-state index contributed by atoms with van der Waals surface area (Å²) in [6.45, 7) is 2.97. The van der Waals surface area contributed by atoms with Crippen molar-refractivity contribution >= 4 is 23.4 Å². The van der Waals surface area contributed by atoms with E-state index in [9.17, 15) is 4.39 Å². The first kappa shape index (κ1) is 19.5. The van der Waals surface area contributed by atoms with E-state index in [1.54, 1.807) is 19.2 Å². The van der Waals surface area contributed by atoms with E-state index in [-0.39, 0.29) is 12.4 Å². The van der Waals surface area contributed by atoms with Crippen molar-refractivity contribution in [3.05, 3.63) is 64.7 Å². The van der Waals surface area contributed by atoms with Crippen molar-refractivity contribution in [1.82, 2.24) is 14.8 Å². The SMILES string of the molecule is CCn1c(COc2ccc(OC)cc2)nnc1SCc1c(F)cccc1Cl. The Kier molecular flexibility index (Phi) is 6.58. The molecule has 0 radical (unpaired) electrons. The predicted molar refractivity (Wildman–Crippen MR) is 104 cm³/mol. The van der Waals surface area contributed by atoms with Gasteiger partial charge in [-0.25, -0.2) is 4.39 Å². The summed E-state index contributed by atoms with van der Waals surface area (Å²) in [5.41, 5.74) is 0.464. The van der Waals surface area contributed by atoms with Crippen LogP contribution in [0.4, 0.5) is 4.39 Å². The zero-order chi connectivity index (χ0) is 19.2. The smallest absolute Gasteiger partial charge is 0.191 e. The molecule has 5 nitrogen and oxygen atoms in total. The van der Waals surface area contributed by atoms with Gasteiger partial charge in [-0.2, -0.15) is 0 Å². The average Bonchev–Trinajstić information content (AvgIpc) is 3.08. The van der Waals surface area contributed by atoms with E-state index in [1.165, 1.54) is 17.8 Å². The lowest BCUT2D eigenvalue weighted by molar-refractivity contribution is 0.287. The van der Waals surface area contributed by atoms with Gasteiger partial charge in [-0.05, 0) is 43.3 Å². The Morgan fingerprint density at radius 1 is 1.11 bits per heavy atom. The maximum absolute atomic E-state index is 13.9. The molecule has 2 aromatic carbocycles. The highest BCUT2D eigenvalue weighted by atomic mass is 35.5. The van der Waals surface area contributed by atoms with Gasteiger partial charge in [0.2, 0.25) is 0 Å². The van der Waals surface area contributed by atoms with Crippen molar-refractivity contribution in [3.63, 3.8) is 0 Å². The lowest BCUT2D eigenvalue weighted by Crippen LogP contribution is -2.07. The fourth-order valence-electron chi connectivity index (χ4n) is 2.48. The van der Waals surface area contributed by atoms with Crippen LogP contribution in [0.15, 0.2) is 47.6 Å². The quantitative estimate of drug-likeness (QED) is 0.493. The highest BCUT2D eigenvalue weighted by Crippen LogP contribution is 2.28. The molecule has 0 amide bonds. The summed E-state index contributed by atoms with van der Waals surface area (Å²) in [4.78, 5) is 0. The van der Waals surface area contributed by atoms with E-state index in [4.69, 9.17) is 21.1 Å². The molecule has 0 atom stereocenters. The highest BCUT2D eigenvalue weighted by molar-refractivity contribution is 7.98. The summed E-state index contributed by atoms with van der Waals surface area (Å²) in [6, 6.07) is 12.0. The minimum atomic E-state index is -0.319. The number of nitrogens with zero attached hydrogens (tertiary/aromatic N) is 3. The van der Waals surface area contributed by atoms with Crippen molar-refractivity contribution < 1.29 is 13.9 Å². The van der Waals surface area contributed by atoms with Gasteiger partial charge in [0, 0.05) is 22.9 Å². The molecule has 1 heterocycles. The van der Waals surface area contributed by atoms with Crippen molar-refractivity contribution in [1.29, 1.82) is 0 Å².